The molecule has 0 N–H and O–H groups in total. The van der Waals surface area contributed by atoms with Crippen molar-refractivity contribution in [1.29, 1.82) is 0 Å². The van der Waals surface area contributed by atoms with Gasteiger partial charge in [-0.25, -0.2) is 0 Å². The van der Waals surface area contributed by atoms with Gasteiger partial charge in [-0.3, -0.25) is 0 Å². The lowest BCUT2D eigenvalue weighted by atomic mass is 9.84. The van der Waals surface area contributed by atoms with Crippen molar-refractivity contribution < 1.29 is 4.74 Å². The molecule has 0 aliphatic rings. The van der Waals surface area contributed by atoms with Gasteiger partial charge in [0.15, 0.2) is 0 Å². The van der Waals surface area contributed by atoms with Gasteiger partial charge in [-0.05, 0) is 48.2 Å². The Labute approximate surface area is 169 Å². The van der Waals surface area contributed by atoms with Gasteiger partial charge >= 0.3 is 0 Å². The molecule has 2 aromatic carbocycles. The maximum absolute atomic E-state index is 6.18. The molecule has 25 heavy (non-hydrogen) atoms. The van der Waals surface area contributed by atoms with Gasteiger partial charge < -0.3 is 4.74 Å². The molecule has 0 bridgehead atoms. The van der Waals surface area contributed by atoms with Crippen LogP contribution in [0.1, 0.15) is 49.9 Å². The van der Waals surface area contributed by atoms with Gasteiger partial charge in [-0.2, -0.15) is 0 Å². The van der Waals surface area contributed by atoms with E-state index >= 15 is 0 Å². The molecule has 0 saturated heterocycles. The molecule has 2 aromatic rings. The molecule has 0 aromatic heterocycles. The summed E-state index contributed by atoms with van der Waals surface area (Å²) in [5.74, 6) is 0. The fourth-order valence-electron chi connectivity index (χ4n) is 2.76. The number of hydrogen-bond donors (Lipinski definition) is 0. The zero-order valence-corrected chi connectivity index (χ0v) is 19.2. The van der Waals surface area contributed by atoms with Gasteiger partial charge in [-0.1, -0.05) is 83.8 Å². The van der Waals surface area contributed by atoms with Gasteiger partial charge in [0.2, 0.25) is 0 Å². The molecule has 0 atom stereocenters. The Morgan fingerprint density at radius 2 is 1.08 bits per heavy atom. The summed E-state index contributed by atoms with van der Waals surface area (Å²) in [6.45, 7) is 14.6. The topological polar surface area (TPSA) is 9.23 Å². The molecule has 0 spiro atoms. The minimum absolute atomic E-state index is 0.0276. The Balaban J connectivity index is 2.04. The second-order valence-corrected chi connectivity index (χ2v) is 9.90. The van der Waals surface area contributed by atoms with Gasteiger partial charge in [0.25, 0.3) is 0 Å². The maximum atomic E-state index is 6.18. The summed E-state index contributed by atoms with van der Waals surface area (Å²) in [5.41, 5.74) is 5.04. The highest BCUT2D eigenvalue weighted by Gasteiger charge is 2.26. The quantitative estimate of drug-likeness (QED) is 0.440. The summed E-state index contributed by atoms with van der Waals surface area (Å²) in [4.78, 5) is 0. The van der Waals surface area contributed by atoms with Gasteiger partial charge in [0, 0.05) is 19.8 Å². The van der Waals surface area contributed by atoms with Crippen molar-refractivity contribution in [3.8, 4) is 0 Å². The summed E-state index contributed by atoms with van der Waals surface area (Å²) in [5, 5.41) is 0. The molecule has 0 aliphatic heterocycles. The number of hydrogen-bond acceptors (Lipinski definition) is 1. The number of ether oxygens (including phenoxy) is 1. The first-order valence-corrected chi connectivity index (χ1v) is 10.2. The van der Waals surface area contributed by atoms with E-state index in [1.165, 1.54) is 22.3 Å². The van der Waals surface area contributed by atoms with Crippen LogP contribution < -0.4 is 0 Å². The van der Waals surface area contributed by atoms with E-state index in [2.05, 4.69) is 110 Å². The number of benzene rings is 2. The SMILES string of the molecule is Cc1ccc(C(C)(C)COCC(C)(C)c2ccc(C)c(Br)c2)cc1Br. The van der Waals surface area contributed by atoms with Crippen LogP contribution in [0.15, 0.2) is 45.3 Å². The van der Waals surface area contributed by atoms with Crippen LogP contribution in [0.25, 0.3) is 0 Å². The van der Waals surface area contributed by atoms with Crippen molar-refractivity contribution in [3.05, 3.63) is 67.6 Å². The van der Waals surface area contributed by atoms with E-state index in [1.54, 1.807) is 0 Å². The lowest BCUT2D eigenvalue weighted by Crippen LogP contribution is -2.30. The minimum Gasteiger partial charge on any atom is -0.380 e. The first-order chi connectivity index (χ1) is 11.5. The second kappa shape index (κ2) is 7.94. The van der Waals surface area contributed by atoms with Gasteiger partial charge in [0.05, 0.1) is 13.2 Å². The zero-order valence-electron chi connectivity index (χ0n) is 16.0. The monoisotopic (exact) mass is 466 g/mol. The Morgan fingerprint density at radius 1 is 0.720 bits per heavy atom. The molecule has 0 aliphatic carbocycles. The number of aryl methyl sites for hydroxylation is 2. The molecule has 1 nitrogen and oxygen atoms in total. The van der Waals surface area contributed by atoms with Crippen molar-refractivity contribution in [2.24, 2.45) is 0 Å². The van der Waals surface area contributed by atoms with Crippen LogP contribution in [0.2, 0.25) is 0 Å². The average molecular weight is 468 g/mol. The Morgan fingerprint density at radius 3 is 1.40 bits per heavy atom. The van der Waals surface area contributed by atoms with E-state index in [9.17, 15) is 0 Å². The Kier molecular flexibility index (Phi) is 6.56. The summed E-state index contributed by atoms with van der Waals surface area (Å²) < 4.78 is 8.49. The summed E-state index contributed by atoms with van der Waals surface area (Å²) in [7, 11) is 0. The Hall–Kier alpha value is -0.640. The van der Waals surface area contributed by atoms with Crippen LogP contribution >= 0.6 is 31.9 Å². The highest BCUT2D eigenvalue weighted by Crippen LogP contribution is 2.31. The van der Waals surface area contributed by atoms with Gasteiger partial charge in [-0.15, -0.1) is 0 Å². The average Bonchev–Trinajstić information content (AvgIpc) is 2.52. The van der Waals surface area contributed by atoms with Crippen LogP contribution in [0.4, 0.5) is 0 Å². The fourth-order valence-corrected chi connectivity index (χ4v) is 3.51. The molecule has 136 valence electrons. The van der Waals surface area contributed by atoms with E-state index in [0.717, 1.165) is 8.95 Å². The smallest absolute Gasteiger partial charge is 0.0558 e. The maximum Gasteiger partial charge on any atom is 0.0558 e. The fraction of sp³-hybridized carbons (Fsp3) is 0.455. The molecule has 3 heteroatoms. The molecule has 0 saturated carbocycles. The van der Waals surface area contributed by atoms with E-state index in [4.69, 9.17) is 4.74 Å². The molecule has 2 rings (SSSR count). The second-order valence-electron chi connectivity index (χ2n) is 8.19. The first-order valence-electron chi connectivity index (χ1n) is 8.64. The van der Waals surface area contributed by atoms with Crippen molar-refractivity contribution in [2.45, 2.75) is 52.4 Å². The van der Waals surface area contributed by atoms with Crippen LogP contribution in [-0.4, -0.2) is 13.2 Å². The summed E-state index contributed by atoms with van der Waals surface area (Å²) >= 11 is 7.27. The molecule has 0 fully saturated rings. The summed E-state index contributed by atoms with van der Waals surface area (Å²) in [6, 6.07) is 13.1. The third-order valence-electron chi connectivity index (χ3n) is 4.83. The molecule has 0 radical (unpaired) electrons. The summed E-state index contributed by atoms with van der Waals surface area (Å²) in [6.07, 6.45) is 0. The number of rotatable bonds is 6. The predicted molar refractivity (Wildman–Crippen MR) is 115 cm³/mol. The minimum atomic E-state index is -0.0276. The molecular weight excluding hydrogens is 440 g/mol. The van der Waals surface area contributed by atoms with Crippen molar-refractivity contribution in [3.63, 3.8) is 0 Å². The third kappa shape index (κ3) is 5.18. The standard InChI is InChI=1S/C22H28Br2O/c1-15-7-9-17(11-19(15)23)21(3,4)13-25-14-22(5,6)18-10-8-16(2)20(24)12-18/h7-12H,13-14H2,1-6H3. The van der Waals surface area contributed by atoms with Crippen LogP contribution in [0.3, 0.4) is 0 Å². The molecule has 0 amide bonds. The highest BCUT2D eigenvalue weighted by molar-refractivity contribution is 9.10. The lowest BCUT2D eigenvalue weighted by Gasteiger charge is -2.30. The Bertz CT molecular complexity index is 684. The first kappa shape index (κ1) is 20.7. The lowest BCUT2D eigenvalue weighted by molar-refractivity contribution is 0.0633. The van der Waals surface area contributed by atoms with E-state index < -0.39 is 0 Å². The van der Waals surface area contributed by atoms with E-state index in [1.807, 2.05) is 0 Å². The van der Waals surface area contributed by atoms with Crippen molar-refractivity contribution in [1.82, 2.24) is 0 Å². The largest absolute Gasteiger partial charge is 0.380 e. The van der Waals surface area contributed by atoms with Crippen molar-refractivity contribution in [2.75, 3.05) is 13.2 Å². The van der Waals surface area contributed by atoms with Crippen LogP contribution in [0.5, 0.6) is 0 Å². The third-order valence-corrected chi connectivity index (χ3v) is 6.54. The zero-order chi connectivity index (χ0) is 18.8. The number of halogens is 2. The molecular formula is C22H28Br2O. The highest BCUT2D eigenvalue weighted by atomic mass is 79.9. The van der Waals surface area contributed by atoms with Crippen molar-refractivity contribution >= 4 is 31.9 Å². The van der Waals surface area contributed by atoms with E-state index in [-0.39, 0.29) is 10.8 Å². The van der Waals surface area contributed by atoms with E-state index in [0.29, 0.717) is 13.2 Å². The normalized spacial score (nSPS) is 12.5. The van der Waals surface area contributed by atoms with Crippen LogP contribution in [0, 0.1) is 13.8 Å². The van der Waals surface area contributed by atoms with Crippen LogP contribution in [-0.2, 0) is 15.6 Å². The molecule has 0 unspecified atom stereocenters. The van der Waals surface area contributed by atoms with Gasteiger partial charge in [0.1, 0.15) is 0 Å². The predicted octanol–water partition coefficient (Wildman–Crippen LogP) is 7.10. The molecule has 0 heterocycles.